The van der Waals surface area contributed by atoms with Crippen molar-refractivity contribution in [3.63, 3.8) is 0 Å². The van der Waals surface area contributed by atoms with Gasteiger partial charge in [0.05, 0.1) is 6.61 Å². The highest BCUT2D eigenvalue weighted by Gasteiger charge is 1.97. The van der Waals surface area contributed by atoms with Gasteiger partial charge in [-0.1, -0.05) is 24.3 Å². The van der Waals surface area contributed by atoms with Crippen molar-refractivity contribution in [2.24, 2.45) is 0 Å². The van der Waals surface area contributed by atoms with E-state index < -0.39 is 0 Å². The summed E-state index contributed by atoms with van der Waals surface area (Å²) >= 11 is 0. The van der Waals surface area contributed by atoms with Crippen molar-refractivity contribution in [1.82, 2.24) is 0 Å². The zero-order chi connectivity index (χ0) is 13.0. The third-order valence-electron chi connectivity index (χ3n) is 2.97. The molecule has 2 aromatic carbocycles. The van der Waals surface area contributed by atoms with Crippen LogP contribution in [-0.2, 0) is 13.2 Å². The van der Waals surface area contributed by atoms with Crippen LogP contribution in [0.1, 0.15) is 16.7 Å². The predicted octanol–water partition coefficient (Wildman–Crippen LogP) is 2.68. The number of nitrogens with one attached hydrogen (secondary N) is 1. The molecule has 4 N–H and O–H groups in total. The van der Waals surface area contributed by atoms with E-state index in [-0.39, 0.29) is 6.61 Å². The molecular formula is C15H18N2O. The summed E-state index contributed by atoms with van der Waals surface area (Å²) in [6, 6.07) is 13.8. The summed E-state index contributed by atoms with van der Waals surface area (Å²) in [5.74, 6) is 0. The van der Waals surface area contributed by atoms with Gasteiger partial charge >= 0.3 is 0 Å². The molecule has 18 heavy (non-hydrogen) atoms. The molecule has 2 rings (SSSR count). The van der Waals surface area contributed by atoms with Crippen molar-refractivity contribution in [2.75, 3.05) is 11.1 Å². The maximum Gasteiger partial charge on any atom is 0.0681 e. The maximum absolute atomic E-state index is 8.97. The van der Waals surface area contributed by atoms with Crippen LogP contribution in [0.25, 0.3) is 0 Å². The van der Waals surface area contributed by atoms with Gasteiger partial charge in [0, 0.05) is 17.9 Å². The number of nitrogens with two attached hydrogens (primary N) is 1. The van der Waals surface area contributed by atoms with Gasteiger partial charge in [0.25, 0.3) is 0 Å². The lowest BCUT2D eigenvalue weighted by atomic mass is 10.1. The summed E-state index contributed by atoms with van der Waals surface area (Å²) in [6.45, 7) is 2.84. The van der Waals surface area contributed by atoms with Crippen LogP contribution in [0.5, 0.6) is 0 Å². The van der Waals surface area contributed by atoms with Crippen LogP contribution < -0.4 is 11.1 Å². The number of aryl methyl sites for hydroxylation is 1. The molecule has 94 valence electrons. The number of aliphatic hydroxyl groups is 1. The fourth-order valence-corrected chi connectivity index (χ4v) is 1.75. The lowest BCUT2D eigenvalue weighted by molar-refractivity contribution is 0.282. The zero-order valence-corrected chi connectivity index (χ0v) is 10.5. The number of aliphatic hydroxyl groups excluding tert-OH is 1. The Kier molecular flexibility index (Phi) is 3.85. The van der Waals surface area contributed by atoms with Gasteiger partial charge in [0.2, 0.25) is 0 Å². The lowest BCUT2D eigenvalue weighted by Gasteiger charge is -2.09. The summed E-state index contributed by atoms with van der Waals surface area (Å²) in [6.07, 6.45) is 0. The molecule has 0 aliphatic heterocycles. The number of nitrogen functional groups attached to an aromatic ring is 1. The molecule has 0 heterocycles. The summed E-state index contributed by atoms with van der Waals surface area (Å²) in [7, 11) is 0. The van der Waals surface area contributed by atoms with E-state index in [2.05, 4.69) is 5.32 Å². The molecule has 0 unspecified atom stereocenters. The van der Waals surface area contributed by atoms with Crippen LogP contribution in [-0.4, -0.2) is 5.11 Å². The van der Waals surface area contributed by atoms with E-state index in [1.165, 1.54) is 5.56 Å². The van der Waals surface area contributed by atoms with Gasteiger partial charge < -0.3 is 16.2 Å². The first kappa shape index (κ1) is 12.5. The van der Waals surface area contributed by atoms with Crippen molar-refractivity contribution in [3.05, 3.63) is 59.2 Å². The first-order valence-corrected chi connectivity index (χ1v) is 5.97. The van der Waals surface area contributed by atoms with E-state index in [0.29, 0.717) is 0 Å². The predicted molar refractivity (Wildman–Crippen MR) is 75.3 cm³/mol. The summed E-state index contributed by atoms with van der Waals surface area (Å²) < 4.78 is 0. The minimum Gasteiger partial charge on any atom is -0.399 e. The van der Waals surface area contributed by atoms with Gasteiger partial charge in [0.1, 0.15) is 0 Å². The third-order valence-corrected chi connectivity index (χ3v) is 2.97. The molecule has 0 atom stereocenters. The Labute approximate surface area is 107 Å². The molecule has 0 amide bonds. The molecule has 3 heteroatoms. The Bertz CT molecular complexity index is 521. The largest absolute Gasteiger partial charge is 0.399 e. The van der Waals surface area contributed by atoms with Gasteiger partial charge in [-0.2, -0.15) is 0 Å². The topological polar surface area (TPSA) is 58.3 Å². The highest BCUT2D eigenvalue weighted by Crippen LogP contribution is 2.17. The zero-order valence-electron chi connectivity index (χ0n) is 10.5. The second-order valence-corrected chi connectivity index (χ2v) is 4.40. The summed E-state index contributed by atoms with van der Waals surface area (Å²) in [5, 5.41) is 12.3. The first-order valence-electron chi connectivity index (χ1n) is 5.97. The van der Waals surface area contributed by atoms with Gasteiger partial charge in [0.15, 0.2) is 0 Å². The van der Waals surface area contributed by atoms with E-state index in [9.17, 15) is 0 Å². The monoisotopic (exact) mass is 242 g/mol. The van der Waals surface area contributed by atoms with Crippen LogP contribution in [0.3, 0.4) is 0 Å². The lowest BCUT2D eigenvalue weighted by Crippen LogP contribution is -2.00. The fraction of sp³-hybridized carbons (Fsp3) is 0.200. The van der Waals surface area contributed by atoms with E-state index in [4.69, 9.17) is 10.8 Å². The Morgan fingerprint density at radius 3 is 2.33 bits per heavy atom. The van der Waals surface area contributed by atoms with Crippen LogP contribution in [0.2, 0.25) is 0 Å². The molecule has 0 bridgehead atoms. The minimum absolute atomic E-state index is 0.0882. The Morgan fingerprint density at radius 1 is 1.06 bits per heavy atom. The van der Waals surface area contributed by atoms with E-state index >= 15 is 0 Å². The SMILES string of the molecule is Cc1cc(NCc2ccc(CO)cc2)ccc1N. The number of anilines is 2. The van der Waals surface area contributed by atoms with Crippen LogP contribution in [0.4, 0.5) is 11.4 Å². The second kappa shape index (κ2) is 5.56. The Balaban J connectivity index is 1.99. The van der Waals surface area contributed by atoms with Gasteiger partial charge in [-0.05, 0) is 41.8 Å². The molecule has 2 aromatic rings. The molecule has 0 radical (unpaired) electrons. The van der Waals surface area contributed by atoms with Crippen molar-refractivity contribution < 1.29 is 5.11 Å². The first-order chi connectivity index (χ1) is 8.69. The summed E-state index contributed by atoms with van der Waals surface area (Å²) in [5.41, 5.74) is 10.8. The standard InChI is InChI=1S/C15H18N2O/c1-11-8-14(6-7-15(11)16)17-9-12-2-4-13(10-18)5-3-12/h2-8,17-18H,9-10,16H2,1H3. The number of hydrogen-bond acceptors (Lipinski definition) is 3. The highest BCUT2D eigenvalue weighted by atomic mass is 16.3. The molecule has 0 spiro atoms. The molecule has 0 fully saturated rings. The van der Waals surface area contributed by atoms with Crippen LogP contribution in [0.15, 0.2) is 42.5 Å². The van der Waals surface area contributed by atoms with Gasteiger partial charge in [-0.3, -0.25) is 0 Å². The molecule has 0 aromatic heterocycles. The van der Waals surface area contributed by atoms with E-state index in [1.54, 1.807) is 0 Å². The van der Waals surface area contributed by atoms with Crippen molar-refractivity contribution in [1.29, 1.82) is 0 Å². The molecule has 0 aliphatic carbocycles. The Morgan fingerprint density at radius 2 is 1.72 bits per heavy atom. The number of rotatable bonds is 4. The molecule has 0 aliphatic rings. The molecule has 3 nitrogen and oxygen atoms in total. The average molecular weight is 242 g/mol. The Hall–Kier alpha value is -2.00. The van der Waals surface area contributed by atoms with E-state index in [1.807, 2.05) is 49.4 Å². The van der Waals surface area contributed by atoms with Crippen LogP contribution >= 0.6 is 0 Å². The summed E-state index contributed by atoms with van der Waals surface area (Å²) in [4.78, 5) is 0. The smallest absolute Gasteiger partial charge is 0.0681 e. The van der Waals surface area contributed by atoms with Crippen LogP contribution in [0, 0.1) is 6.92 Å². The van der Waals surface area contributed by atoms with Crippen molar-refractivity contribution >= 4 is 11.4 Å². The highest BCUT2D eigenvalue weighted by molar-refractivity contribution is 5.56. The maximum atomic E-state index is 8.97. The van der Waals surface area contributed by atoms with Crippen molar-refractivity contribution in [2.45, 2.75) is 20.1 Å². The fourth-order valence-electron chi connectivity index (χ4n) is 1.75. The average Bonchev–Trinajstić information content (AvgIpc) is 2.41. The quantitative estimate of drug-likeness (QED) is 0.722. The van der Waals surface area contributed by atoms with Gasteiger partial charge in [-0.25, -0.2) is 0 Å². The number of benzene rings is 2. The molecule has 0 saturated heterocycles. The molecular weight excluding hydrogens is 224 g/mol. The minimum atomic E-state index is 0.0882. The van der Waals surface area contributed by atoms with E-state index in [0.717, 1.165) is 29.0 Å². The number of hydrogen-bond donors (Lipinski definition) is 3. The third kappa shape index (κ3) is 3.02. The normalized spacial score (nSPS) is 10.3. The molecule has 0 saturated carbocycles. The van der Waals surface area contributed by atoms with Crippen molar-refractivity contribution in [3.8, 4) is 0 Å². The van der Waals surface area contributed by atoms with Gasteiger partial charge in [-0.15, -0.1) is 0 Å². The second-order valence-electron chi connectivity index (χ2n) is 4.40.